The Labute approximate surface area is 185 Å². The minimum atomic E-state index is -3.07. The van der Waals surface area contributed by atoms with Crippen LogP contribution in [0.4, 0.5) is 0 Å². The van der Waals surface area contributed by atoms with Crippen LogP contribution in [0.15, 0.2) is 72.2 Å². The molecule has 2 aliphatic rings. The highest BCUT2D eigenvalue weighted by molar-refractivity contribution is 7.90. The highest BCUT2D eigenvalue weighted by atomic mass is 32.2. The highest BCUT2D eigenvalue weighted by Crippen LogP contribution is 2.36. The monoisotopic (exact) mass is 444 g/mol. The fourth-order valence-electron chi connectivity index (χ4n) is 3.36. The first kappa shape index (κ1) is 24.6. The summed E-state index contributed by atoms with van der Waals surface area (Å²) in [7, 11) is -3.07. The lowest BCUT2D eigenvalue weighted by Gasteiger charge is -2.42. The SMILES string of the molecule is C=C(/C=C\C(C)=C\CS(C)(=O)=O)C(=C)/C=C1\C(=C)N(C(C)=O)C(C)CN1C(=O)C1CC1. The van der Waals surface area contributed by atoms with Gasteiger partial charge in [-0.1, -0.05) is 43.5 Å². The molecule has 6 nitrogen and oxygen atoms in total. The number of allylic oxidation sites excluding steroid dienone is 6. The van der Waals surface area contributed by atoms with Crippen LogP contribution < -0.4 is 0 Å². The molecule has 1 heterocycles. The number of amides is 2. The normalized spacial score (nSPS) is 21.7. The van der Waals surface area contributed by atoms with Crippen molar-refractivity contribution in [3.63, 3.8) is 0 Å². The zero-order valence-electron chi connectivity index (χ0n) is 18.8. The predicted octanol–water partition coefficient (Wildman–Crippen LogP) is 3.53. The topological polar surface area (TPSA) is 74.8 Å². The van der Waals surface area contributed by atoms with E-state index in [1.54, 1.807) is 41.0 Å². The largest absolute Gasteiger partial charge is 0.308 e. The van der Waals surface area contributed by atoms with Crippen LogP contribution in [0.2, 0.25) is 0 Å². The molecule has 2 fully saturated rings. The Kier molecular flexibility index (Phi) is 7.65. The summed E-state index contributed by atoms with van der Waals surface area (Å²) >= 11 is 0. The molecular formula is C24H32N2O4S. The number of carbonyl (C=O) groups is 2. The molecule has 168 valence electrons. The first-order valence-corrected chi connectivity index (χ1v) is 12.3. The fourth-order valence-corrected chi connectivity index (χ4v) is 3.92. The van der Waals surface area contributed by atoms with Gasteiger partial charge in [0.1, 0.15) is 0 Å². The quantitative estimate of drug-likeness (QED) is 0.563. The summed E-state index contributed by atoms with van der Waals surface area (Å²) in [5.74, 6) is -0.0715. The molecule has 31 heavy (non-hydrogen) atoms. The first-order valence-electron chi connectivity index (χ1n) is 10.2. The molecule has 1 unspecified atom stereocenters. The molecule has 7 heteroatoms. The lowest BCUT2D eigenvalue weighted by Crippen LogP contribution is -2.52. The van der Waals surface area contributed by atoms with Gasteiger partial charge in [-0.05, 0) is 43.9 Å². The van der Waals surface area contributed by atoms with E-state index in [2.05, 4.69) is 19.7 Å². The lowest BCUT2D eigenvalue weighted by molar-refractivity contribution is -0.136. The van der Waals surface area contributed by atoms with Gasteiger partial charge in [-0.3, -0.25) is 9.59 Å². The van der Waals surface area contributed by atoms with Gasteiger partial charge in [-0.2, -0.15) is 0 Å². The second kappa shape index (κ2) is 9.64. The number of hydrogen-bond donors (Lipinski definition) is 0. The van der Waals surface area contributed by atoms with E-state index in [-0.39, 0.29) is 29.5 Å². The van der Waals surface area contributed by atoms with E-state index in [4.69, 9.17) is 0 Å². The van der Waals surface area contributed by atoms with E-state index >= 15 is 0 Å². The van der Waals surface area contributed by atoms with Gasteiger partial charge in [0.05, 0.1) is 23.2 Å². The van der Waals surface area contributed by atoms with Crippen molar-refractivity contribution in [2.45, 2.75) is 39.7 Å². The maximum absolute atomic E-state index is 12.9. The zero-order valence-corrected chi connectivity index (χ0v) is 19.7. The van der Waals surface area contributed by atoms with Crippen molar-refractivity contribution in [3.8, 4) is 0 Å². The van der Waals surface area contributed by atoms with E-state index < -0.39 is 9.84 Å². The number of rotatable bonds is 7. The maximum atomic E-state index is 12.9. The summed E-state index contributed by atoms with van der Waals surface area (Å²) in [5.41, 5.74) is 3.02. The summed E-state index contributed by atoms with van der Waals surface area (Å²) in [6.07, 6.45) is 9.84. The first-order chi connectivity index (χ1) is 14.3. The van der Waals surface area contributed by atoms with Crippen LogP contribution in [0.1, 0.15) is 33.6 Å². The van der Waals surface area contributed by atoms with Crippen molar-refractivity contribution in [3.05, 3.63) is 72.2 Å². The molecule has 1 aliphatic carbocycles. The molecular weight excluding hydrogens is 412 g/mol. The molecule has 1 atom stereocenters. The Hall–Kier alpha value is -2.67. The molecule has 0 N–H and O–H groups in total. The molecule has 0 spiro atoms. The number of carbonyl (C=O) groups excluding carboxylic acids is 2. The predicted molar refractivity (Wildman–Crippen MR) is 125 cm³/mol. The zero-order chi connectivity index (χ0) is 23.5. The Morgan fingerprint density at radius 2 is 1.74 bits per heavy atom. The second-order valence-corrected chi connectivity index (χ2v) is 10.5. The average Bonchev–Trinajstić information content (AvgIpc) is 3.50. The minimum absolute atomic E-state index is 0.0300. The van der Waals surface area contributed by atoms with Gasteiger partial charge < -0.3 is 9.80 Å². The molecule has 1 saturated heterocycles. The van der Waals surface area contributed by atoms with Crippen LogP contribution in [-0.4, -0.2) is 54.6 Å². The van der Waals surface area contributed by atoms with Gasteiger partial charge in [0.25, 0.3) is 0 Å². The van der Waals surface area contributed by atoms with Crippen LogP contribution in [0.5, 0.6) is 0 Å². The molecule has 0 aromatic heterocycles. The number of nitrogens with zero attached hydrogens (tertiary/aromatic N) is 2. The van der Waals surface area contributed by atoms with Crippen molar-refractivity contribution >= 4 is 21.7 Å². The van der Waals surface area contributed by atoms with Crippen molar-refractivity contribution in [1.29, 1.82) is 0 Å². The van der Waals surface area contributed by atoms with Crippen molar-refractivity contribution in [2.75, 3.05) is 18.6 Å². The van der Waals surface area contributed by atoms with Gasteiger partial charge in [0.15, 0.2) is 9.84 Å². The van der Waals surface area contributed by atoms with Gasteiger partial charge in [-0.25, -0.2) is 8.42 Å². The van der Waals surface area contributed by atoms with Crippen LogP contribution in [0.25, 0.3) is 0 Å². The van der Waals surface area contributed by atoms with Crippen LogP contribution in [0, 0.1) is 5.92 Å². The third kappa shape index (κ3) is 6.66. The molecule has 2 amide bonds. The molecule has 2 rings (SSSR count). The van der Waals surface area contributed by atoms with E-state index in [1.807, 2.05) is 6.92 Å². The minimum Gasteiger partial charge on any atom is -0.308 e. The molecule has 0 radical (unpaired) electrons. The fraction of sp³-hybridized carbons (Fsp3) is 0.417. The molecule has 1 saturated carbocycles. The van der Waals surface area contributed by atoms with E-state index in [0.29, 0.717) is 29.1 Å². The van der Waals surface area contributed by atoms with Crippen molar-refractivity contribution in [2.24, 2.45) is 5.92 Å². The molecule has 0 aromatic rings. The Morgan fingerprint density at radius 1 is 1.13 bits per heavy atom. The summed E-state index contributed by atoms with van der Waals surface area (Å²) in [5, 5.41) is 0. The Bertz CT molecular complexity index is 1010. The standard InChI is InChI=1S/C24H32N2O4S/c1-16(12-13-31(7,29)30)8-9-17(2)18(3)14-23-20(5)26(21(6)27)19(4)15-25(23)24(28)22-10-11-22/h8-9,12,14,19,22H,2-3,5,10-11,13,15H2,1,4,6-7H3/b9-8-,16-12+,23-14+. The third-order valence-electron chi connectivity index (χ3n) is 5.28. The van der Waals surface area contributed by atoms with Gasteiger partial charge >= 0.3 is 0 Å². The van der Waals surface area contributed by atoms with Gasteiger partial charge in [0, 0.05) is 25.6 Å². The van der Waals surface area contributed by atoms with E-state index in [0.717, 1.165) is 18.4 Å². The summed E-state index contributed by atoms with van der Waals surface area (Å²) in [6.45, 7) is 17.8. The maximum Gasteiger partial charge on any atom is 0.230 e. The molecule has 0 aromatic carbocycles. The highest BCUT2D eigenvalue weighted by Gasteiger charge is 2.40. The summed E-state index contributed by atoms with van der Waals surface area (Å²) < 4.78 is 22.6. The van der Waals surface area contributed by atoms with E-state index in [1.165, 1.54) is 13.2 Å². The van der Waals surface area contributed by atoms with Gasteiger partial charge in [-0.15, -0.1) is 0 Å². The summed E-state index contributed by atoms with van der Waals surface area (Å²) in [4.78, 5) is 28.3. The third-order valence-corrected chi connectivity index (χ3v) is 6.05. The number of hydrogen-bond acceptors (Lipinski definition) is 4. The van der Waals surface area contributed by atoms with Crippen LogP contribution >= 0.6 is 0 Å². The van der Waals surface area contributed by atoms with Crippen molar-refractivity contribution in [1.82, 2.24) is 9.80 Å². The Balaban J connectivity index is 2.26. The van der Waals surface area contributed by atoms with Crippen LogP contribution in [-0.2, 0) is 19.4 Å². The smallest absolute Gasteiger partial charge is 0.230 e. The van der Waals surface area contributed by atoms with Crippen molar-refractivity contribution < 1.29 is 18.0 Å². The van der Waals surface area contributed by atoms with E-state index in [9.17, 15) is 18.0 Å². The molecule has 1 aliphatic heterocycles. The number of piperazine rings is 1. The Morgan fingerprint density at radius 3 is 2.26 bits per heavy atom. The molecule has 0 bridgehead atoms. The average molecular weight is 445 g/mol. The second-order valence-electron chi connectivity index (χ2n) is 8.36. The van der Waals surface area contributed by atoms with Crippen LogP contribution in [0.3, 0.4) is 0 Å². The number of sulfone groups is 1. The van der Waals surface area contributed by atoms with Gasteiger partial charge in [0.2, 0.25) is 11.8 Å². The summed E-state index contributed by atoms with van der Waals surface area (Å²) in [6, 6.07) is -0.163. The lowest BCUT2D eigenvalue weighted by atomic mass is 10.0.